The first-order valence-corrected chi connectivity index (χ1v) is 8.62. The van der Waals surface area contributed by atoms with Gasteiger partial charge in [0, 0.05) is 12.8 Å². The molecule has 1 aromatic rings. The van der Waals surface area contributed by atoms with Crippen LogP contribution in [-0.4, -0.2) is 49.3 Å². The third kappa shape index (κ3) is 3.02. The van der Waals surface area contributed by atoms with Gasteiger partial charge in [0.2, 0.25) is 5.89 Å². The molecule has 7 nitrogen and oxygen atoms in total. The first-order chi connectivity index (χ1) is 9.22. The van der Waals surface area contributed by atoms with Crippen LogP contribution in [0.3, 0.4) is 0 Å². The van der Waals surface area contributed by atoms with Crippen LogP contribution in [0.5, 0.6) is 0 Å². The minimum atomic E-state index is -3.34. The summed E-state index contributed by atoms with van der Waals surface area (Å²) < 4.78 is 27.4. The van der Waals surface area contributed by atoms with E-state index in [2.05, 4.69) is 15.0 Å². The molecule has 1 unspecified atom stereocenters. The van der Waals surface area contributed by atoms with Crippen LogP contribution in [-0.2, 0) is 14.6 Å². The van der Waals surface area contributed by atoms with Gasteiger partial charge in [-0.1, -0.05) is 5.16 Å². The molecule has 0 amide bonds. The van der Waals surface area contributed by atoms with E-state index in [1.165, 1.54) is 12.8 Å². The maximum absolute atomic E-state index is 11.7. The number of sulfone groups is 1. The summed E-state index contributed by atoms with van der Waals surface area (Å²) >= 11 is 0. The van der Waals surface area contributed by atoms with Crippen molar-refractivity contribution in [1.29, 1.82) is 0 Å². The Morgan fingerprint density at radius 1 is 1.40 bits per heavy atom. The average molecular weight is 302 g/mol. The van der Waals surface area contributed by atoms with Gasteiger partial charge in [0.25, 0.3) is 0 Å². The van der Waals surface area contributed by atoms with Crippen molar-refractivity contribution in [2.75, 3.05) is 25.9 Å². The quantitative estimate of drug-likeness (QED) is 0.842. The molecule has 0 spiro atoms. The Labute approximate surface area is 119 Å². The lowest BCUT2D eigenvalue weighted by molar-refractivity contribution is 0.303. The van der Waals surface area contributed by atoms with E-state index in [1.807, 2.05) is 0 Å². The minimum absolute atomic E-state index is 0.0897. The first kappa shape index (κ1) is 15.4. The van der Waals surface area contributed by atoms with Gasteiger partial charge in [0.1, 0.15) is 4.75 Å². The molecule has 0 aliphatic carbocycles. The number of hydrogen-bond donors (Lipinski definition) is 1. The standard InChI is InChI=1S/C12H22N4O3S/c1-12(2,20(3,17)18)11-14-10(15-19-11)9(13)8-16-6-4-5-7-16/h9H,4-8,13H2,1-3H3. The van der Waals surface area contributed by atoms with E-state index in [1.54, 1.807) is 13.8 Å². The Bertz CT molecular complexity index is 561. The van der Waals surface area contributed by atoms with Crippen molar-refractivity contribution in [1.82, 2.24) is 15.0 Å². The van der Waals surface area contributed by atoms with Crippen molar-refractivity contribution in [2.24, 2.45) is 5.73 Å². The van der Waals surface area contributed by atoms with E-state index in [9.17, 15) is 8.42 Å². The van der Waals surface area contributed by atoms with Gasteiger partial charge in [0.15, 0.2) is 15.7 Å². The van der Waals surface area contributed by atoms with Gasteiger partial charge in [-0.15, -0.1) is 0 Å². The molecule has 2 heterocycles. The Balaban J connectivity index is 2.12. The van der Waals surface area contributed by atoms with E-state index in [4.69, 9.17) is 10.3 Å². The fourth-order valence-electron chi connectivity index (χ4n) is 2.11. The lowest BCUT2D eigenvalue weighted by Gasteiger charge is -2.18. The summed E-state index contributed by atoms with van der Waals surface area (Å²) in [7, 11) is -3.34. The monoisotopic (exact) mass is 302 g/mol. The summed E-state index contributed by atoms with van der Waals surface area (Å²) in [6, 6.07) is -0.360. The Hall–Kier alpha value is -0.990. The van der Waals surface area contributed by atoms with Gasteiger partial charge in [0.05, 0.1) is 6.04 Å². The summed E-state index contributed by atoms with van der Waals surface area (Å²) in [5.74, 6) is 0.454. The lowest BCUT2D eigenvalue weighted by Crippen LogP contribution is -2.31. The Kier molecular flexibility index (Phi) is 4.17. The van der Waals surface area contributed by atoms with Gasteiger partial charge in [-0.05, 0) is 39.8 Å². The van der Waals surface area contributed by atoms with Gasteiger partial charge >= 0.3 is 0 Å². The second-order valence-electron chi connectivity index (χ2n) is 5.85. The van der Waals surface area contributed by atoms with Crippen LogP contribution >= 0.6 is 0 Å². The van der Waals surface area contributed by atoms with Crippen molar-refractivity contribution >= 4 is 9.84 Å². The highest BCUT2D eigenvalue weighted by molar-refractivity contribution is 7.91. The molecular formula is C12H22N4O3S. The molecule has 2 rings (SSSR count). The highest BCUT2D eigenvalue weighted by atomic mass is 32.2. The number of hydrogen-bond acceptors (Lipinski definition) is 7. The lowest BCUT2D eigenvalue weighted by atomic mass is 10.2. The van der Waals surface area contributed by atoms with E-state index in [-0.39, 0.29) is 11.9 Å². The largest absolute Gasteiger partial charge is 0.338 e. The highest BCUT2D eigenvalue weighted by Gasteiger charge is 2.38. The van der Waals surface area contributed by atoms with Gasteiger partial charge in [-0.25, -0.2) is 8.42 Å². The third-order valence-corrected chi connectivity index (χ3v) is 5.90. The second kappa shape index (κ2) is 5.42. The van der Waals surface area contributed by atoms with Crippen molar-refractivity contribution < 1.29 is 12.9 Å². The molecule has 114 valence electrons. The Morgan fingerprint density at radius 2 is 2.00 bits per heavy atom. The minimum Gasteiger partial charge on any atom is -0.338 e. The number of likely N-dealkylation sites (tertiary alicyclic amines) is 1. The predicted octanol–water partition coefficient (Wildman–Crippen LogP) is 0.445. The predicted molar refractivity (Wildman–Crippen MR) is 74.8 cm³/mol. The SMILES string of the molecule is CC(C)(c1nc(C(N)CN2CCCC2)no1)S(C)(=O)=O. The summed E-state index contributed by atoms with van der Waals surface area (Å²) in [5, 5.41) is 3.84. The van der Waals surface area contributed by atoms with Crippen molar-refractivity contribution in [2.45, 2.75) is 37.5 Å². The van der Waals surface area contributed by atoms with Crippen LogP contribution in [0.1, 0.15) is 44.4 Å². The normalized spacial score (nSPS) is 19.4. The fourth-order valence-corrected chi connectivity index (χ4v) is 2.51. The molecule has 8 heteroatoms. The molecule has 1 fully saturated rings. The van der Waals surface area contributed by atoms with Gasteiger partial charge in [-0.2, -0.15) is 4.98 Å². The maximum atomic E-state index is 11.7. The first-order valence-electron chi connectivity index (χ1n) is 6.73. The van der Waals surface area contributed by atoms with E-state index < -0.39 is 14.6 Å². The molecule has 0 radical (unpaired) electrons. The number of rotatable bonds is 5. The molecule has 0 saturated carbocycles. The van der Waals surface area contributed by atoms with Crippen LogP contribution in [0.25, 0.3) is 0 Å². The van der Waals surface area contributed by atoms with Crippen molar-refractivity contribution in [3.05, 3.63) is 11.7 Å². The summed E-state index contributed by atoms with van der Waals surface area (Å²) in [4.78, 5) is 6.43. The molecule has 1 saturated heterocycles. The van der Waals surface area contributed by atoms with Crippen molar-refractivity contribution in [3.63, 3.8) is 0 Å². The van der Waals surface area contributed by atoms with Crippen LogP contribution in [0, 0.1) is 0 Å². The molecule has 0 aromatic carbocycles. The highest BCUT2D eigenvalue weighted by Crippen LogP contribution is 2.28. The fraction of sp³-hybridized carbons (Fsp3) is 0.833. The number of nitrogens with two attached hydrogens (primary N) is 1. The molecule has 1 aromatic heterocycles. The molecule has 20 heavy (non-hydrogen) atoms. The molecule has 0 bridgehead atoms. The van der Waals surface area contributed by atoms with Gasteiger partial charge in [-0.3, -0.25) is 0 Å². The number of nitrogens with zero attached hydrogens (tertiary/aromatic N) is 3. The molecule has 1 atom stereocenters. The van der Waals surface area contributed by atoms with Crippen LogP contribution in [0.4, 0.5) is 0 Å². The van der Waals surface area contributed by atoms with Crippen LogP contribution < -0.4 is 5.73 Å². The number of aromatic nitrogens is 2. The zero-order chi connectivity index (χ0) is 15.0. The van der Waals surface area contributed by atoms with Gasteiger partial charge < -0.3 is 15.2 Å². The zero-order valence-electron chi connectivity index (χ0n) is 12.2. The smallest absolute Gasteiger partial charge is 0.247 e. The second-order valence-corrected chi connectivity index (χ2v) is 8.42. The summed E-state index contributed by atoms with van der Waals surface area (Å²) in [6.07, 6.45) is 3.53. The van der Waals surface area contributed by atoms with Crippen LogP contribution in [0.2, 0.25) is 0 Å². The average Bonchev–Trinajstić information content (AvgIpc) is 2.97. The molecule has 2 N–H and O–H groups in total. The Morgan fingerprint density at radius 3 is 2.55 bits per heavy atom. The van der Waals surface area contributed by atoms with Crippen molar-refractivity contribution in [3.8, 4) is 0 Å². The maximum Gasteiger partial charge on any atom is 0.247 e. The van der Waals surface area contributed by atoms with E-state index in [0.717, 1.165) is 19.3 Å². The summed E-state index contributed by atoms with van der Waals surface area (Å²) in [6.45, 7) is 5.83. The van der Waals surface area contributed by atoms with Crippen LogP contribution in [0.15, 0.2) is 4.52 Å². The van der Waals surface area contributed by atoms with E-state index >= 15 is 0 Å². The molecular weight excluding hydrogens is 280 g/mol. The zero-order valence-corrected chi connectivity index (χ0v) is 13.0. The van der Waals surface area contributed by atoms with E-state index in [0.29, 0.717) is 12.4 Å². The topological polar surface area (TPSA) is 102 Å². The third-order valence-electron chi connectivity index (χ3n) is 3.87. The summed E-state index contributed by atoms with van der Waals surface area (Å²) in [5.41, 5.74) is 6.06. The molecule has 1 aliphatic heterocycles. The molecule has 1 aliphatic rings.